The molecule has 2 aromatic rings. The molecule has 0 atom stereocenters. The van der Waals surface area contributed by atoms with E-state index in [1.165, 1.54) is 0 Å². The molecule has 4 nitrogen and oxygen atoms in total. The molecule has 2 aromatic carbocycles. The lowest BCUT2D eigenvalue weighted by molar-refractivity contribution is -0.118. The Bertz CT molecular complexity index is 674. The second-order valence-corrected chi connectivity index (χ2v) is 4.21. The Morgan fingerprint density at radius 1 is 1.19 bits per heavy atom. The lowest BCUT2D eigenvalue weighted by atomic mass is 10.2. The fraction of sp³-hybridized carbons (Fsp3) is 0.118. The minimum absolute atomic E-state index is 0.110. The number of carbonyl (C=O) groups is 1. The minimum Gasteiger partial charge on any atom is -0.493 e. The summed E-state index contributed by atoms with van der Waals surface area (Å²) in [4.78, 5) is 11.9. The van der Waals surface area contributed by atoms with E-state index in [9.17, 15) is 4.79 Å². The number of anilines is 1. The first-order valence-electron chi connectivity index (χ1n) is 6.35. The summed E-state index contributed by atoms with van der Waals surface area (Å²) in [6.07, 6.45) is 5.31. The van der Waals surface area contributed by atoms with Crippen molar-refractivity contribution in [2.24, 2.45) is 0 Å². The third-order valence-corrected chi connectivity index (χ3v) is 2.74. The van der Waals surface area contributed by atoms with Crippen molar-refractivity contribution in [3.63, 3.8) is 0 Å². The summed E-state index contributed by atoms with van der Waals surface area (Å²) in [5, 5.41) is 2.72. The molecule has 0 aromatic heterocycles. The highest BCUT2D eigenvalue weighted by atomic mass is 16.5. The zero-order valence-electron chi connectivity index (χ0n) is 11.6. The van der Waals surface area contributed by atoms with Crippen LogP contribution in [0, 0.1) is 12.3 Å². The van der Waals surface area contributed by atoms with Gasteiger partial charge in [-0.05, 0) is 30.3 Å². The molecule has 2 rings (SSSR count). The maximum absolute atomic E-state index is 11.9. The van der Waals surface area contributed by atoms with Crippen LogP contribution in [0.4, 0.5) is 5.69 Å². The number of hydrogen-bond donors (Lipinski definition) is 1. The molecular weight excluding hydrogens is 266 g/mol. The van der Waals surface area contributed by atoms with Gasteiger partial charge in [-0.1, -0.05) is 24.1 Å². The van der Waals surface area contributed by atoms with E-state index in [0.717, 1.165) is 0 Å². The summed E-state index contributed by atoms with van der Waals surface area (Å²) < 4.78 is 10.6. The molecule has 0 saturated heterocycles. The van der Waals surface area contributed by atoms with Crippen LogP contribution < -0.4 is 14.8 Å². The molecule has 0 saturated carbocycles. The first kappa shape index (κ1) is 14.5. The van der Waals surface area contributed by atoms with Crippen LogP contribution in [0.3, 0.4) is 0 Å². The van der Waals surface area contributed by atoms with Gasteiger partial charge in [0.15, 0.2) is 18.1 Å². The standard InChI is InChI=1S/C17H15NO3/c1-3-13-7-6-8-14(11-13)18-17(19)12-21-16-10-5-4-9-15(16)20-2/h1,4-11H,12H2,2H3,(H,18,19). The average molecular weight is 281 g/mol. The fourth-order valence-electron chi connectivity index (χ4n) is 1.77. The summed E-state index contributed by atoms with van der Waals surface area (Å²) in [5.74, 6) is 3.35. The van der Waals surface area contributed by atoms with Crippen molar-refractivity contribution in [2.75, 3.05) is 19.0 Å². The largest absolute Gasteiger partial charge is 0.493 e. The number of nitrogens with one attached hydrogen (secondary N) is 1. The van der Waals surface area contributed by atoms with Crippen molar-refractivity contribution in [2.45, 2.75) is 0 Å². The van der Waals surface area contributed by atoms with Crippen LogP contribution in [0.1, 0.15) is 5.56 Å². The zero-order valence-corrected chi connectivity index (χ0v) is 11.6. The van der Waals surface area contributed by atoms with Gasteiger partial charge in [0.2, 0.25) is 0 Å². The monoisotopic (exact) mass is 281 g/mol. The molecule has 0 aliphatic carbocycles. The molecule has 0 unspecified atom stereocenters. The Hall–Kier alpha value is -2.93. The van der Waals surface area contributed by atoms with Gasteiger partial charge in [-0.3, -0.25) is 4.79 Å². The van der Waals surface area contributed by atoms with Crippen molar-refractivity contribution in [1.82, 2.24) is 0 Å². The molecular formula is C17H15NO3. The molecule has 0 radical (unpaired) electrons. The van der Waals surface area contributed by atoms with Crippen LogP contribution in [0.2, 0.25) is 0 Å². The maximum Gasteiger partial charge on any atom is 0.262 e. The van der Waals surface area contributed by atoms with E-state index in [4.69, 9.17) is 15.9 Å². The predicted molar refractivity (Wildman–Crippen MR) is 81.5 cm³/mol. The highest BCUT2D eigenvalue weighted by molar-refractivity contribution is 5.92. The molecule has 0 heterocycles. The molecule has 0 aliphatic heterocycles. The van der Waals surface area contributed by atoms with Gasteiger partial charge in [0.05, 0.1) is 7.11 Å². The molecule has 4 heteroatoms. The molecule has 0 aliphatic rings. The second kappa shape index (κ2) is 7.01. The molecule has 1 amide bonds. The van der Waals surface area contributed by atoms with E-state index in [2.05, 4.69) is 11.2 Å². The van der Waals surface area contributed by atoms with Crippen LogP contribution in [-0.2, 0) is 4.79 Å². The highest BCUT2D eigenvalue weighted by Gasteiger charge is 2.07. The number of carbonyl (C=O) groups excluding carboxylic acids is 1. The van der Waals surface area contributed by atoms with E-state index < -0.39 is 0 Å². The Balaban J connectivity index is 1.94. The van der Waals surface area contributed by atoms with Gasteiger partial charge in [-0.25, -0.2) is 0 Å². The summed E-state index contributed by atoms with van der Waals surface area (Å²) in [7, 11) is 1.55. The van der Waals surface area contributed by atoms with Crippen molar-refractivity contribution in [1.29, 1.82) is 0 Å². The number of ether oxygens (including phenoxy) is 2. The van der Waals surface area contributed by atoms with Gasteiger partial charge in [0.1, 0.15) is 0 Å². The van der Waals surface area contributed by atoms with Crippen LogP contribution in [-0.4, -0.2) is 19.6 Å². The number of hydrogen-bond acceptors (Lipinski definition) is 3. The van der Waals surface area contributed by atoms with Crippen LogP contribution in [0.25, 0.3) is 0 Å². The van der Waals surface area contributed by atoms with E-state index in [1.807, 2.05) is 12.1 Å². The summed E-state index contributed by atoms with van der Waals surface area (Å²) >= 11 is 0. The predicted octanol–water partition coefficient (Wildman–Crippen LogP) is 2.69. The zero-order chi connectivity index (χ0) is 15.1. The molecule has 1 N–H and O–H groups in total. The number of methoxy groups -OCH3 is 1. The van der Waals surface area contributed by atoms with Gasteiger partial charge in [0.25, 0.3) is 5.91 Å². The Kier molecular flexibility index (Phi) is 4.84. The van der Waals surface area contributed by atoms with Gasteiger partial charge >= 0.3 is 0 Å². The second-order valence-electron chi connectivity index (χ2n) is 4.21. The summed E-state index contributed by atoms with van der Waals surface area (Å²) in [6.45, 7) is -0.110. The first-order valence-corrected chi connectivity index (χ1v) is 6.35. The Labute approximate surface area is 123 Å². The number of amides is 1. The molecule has 0 bridgehead atoms. The molecule has 0 spiro atoms. The van der Waals surface area contributed by atoms with Gasteiger partial charge in [-0.15, -0.1) is 6.42 Å². The molecule has 0 fully saturated rings. The highest BCUT2D eigenvalue weighted by Crippen LogP contribution is 2.25. The molecule has 106 valence electrons. The SMILES string of the molecule is C#Cc1cccc(NC(=O)COc2ccccc2OC)c1. The Morgan fingerprint density at radius 2 is 1.95 bits per heavy atom. The number of rotatable bonds is 5. The van der Waals surface area contributed by atoms with E-state index in [-0.39, 0.29) is 12.5 Å². The lowest BCUT2D eigenvalue weighted by Crippen LogP contribution is -2.20. The minimum atomic E-state index is -0.268. The van der Waals surface area contributed by atoms with E-state index in [1.54, 1.807) is 43.5 Å². The number of terminal acetylenes is 1. The number of benzene rings is 2. The van der Waals surface area contributed by atoms with Gasteiger partial charge in [-0.2, -0.15) is 0 Å². The normalized spacial score (nSPS) is 9.52. The van der Waals surface area contributed by atoms with Crippen LogP contribution in [0.15, 0.2) is 48.5 Å². The molecule has 21 heavy (non-hydrogen) atoms. The van der Waals surface area contributed by atoms with Crippen LogP contribution in [0.5, 0.6) is 11.5 Å². The Morgan fingerprint density at radius 3 is 2.67 bits per heavy atom. The maximum atomic E-state index is 11.9. The van der Waals surface area contributed by atoms with Gasteiger partial charge < -0.3 is 14.8 Å². The number of para-hydroxylation sites is 2. The summed E-state index contributed by atoms with van der Waals surface area (Å²) in [5.41, 5.74) is 1.34. The topological polar surface area (TPSA) is 47.6 Å². The third-order valence-electron chi connectivity index (χ3n) is 2.74. The van der Waals surface area contributed by atoms with Crippen molar-refractivity contribution in [3.8, 4) is 23.8 Å². The van der Waals surface area contributed by atoms with E-state index >= 15 is 0 Å². The van der Waals surface area contributed by atoms with E-state index in [0.29, 0.717) is 22.7 Å². The quantitative estimate of drug-likeness (QED) is 0.857. The van der Waals surface area contributed by atoms with Crippen molar-refractivity contribution in [3.05, 3.63) is 54.1 Å². The lowest BCUT2D eigenvalue weighted by Gasteiger charge is -2.10. The van der Waals surface area contributed by atoms with Crippen LogP contribution >= 0.6 is 0 Å². The summed E-state index contributed by atoms with van der Waals surface area (Å²) in [6, 6.07) is 14.2. The first-order chi connectivity index (χ1) is 10.2. The average Bonchev–Trinajstić information content (AvgIpc) is 2.53. The van der Waals surface area contributed by atoms with Crippen molar-refractivity contribution >= 4 is 11.6 Å². The third kappa shape index (κ3) is 4.02. The fourth-order valence-corrected chi connectivity index (χ4v) is 1.77. The van der Waals surface area contributed by atoms with Gasteiger partial charge in [0, 0.05) is 11.3 Å². The van der Waals surface area contributed by atoms with Crippen molar-refractivity contribution < 1.29 is 14.3 Å². The smallest absolute Gasteiger partial charge is 0.262 e.